The molecule has 1 aromatic rings. The Labute approximate surface area is 76.3 Å². The van der Waals surface area contributed by atoms with E-state index in [9.17, 15) is 8.78 Å². The summed E-state index contributed by atoms with van der Waals surface area (Å²) in [7, 11) is 0. The van der Waals surface area contributed by atoms with Gasteiger partial charge in [0.05, 0.1) is 12.2 Å². The van der Waals surface area contributed by atoms with Gasteiger partial charge in [0.15, 0.2) is 0 Å². The molecule has 3 heteroatoms. The lowest BCUT2D eigenvalue weighted by atomic mass is 10.3. The van der Waals surface area contributed by atoms with Crippen molar-refractivity contribution in [2.24, 2.45) is 0 Å². The van der Waals surface area contributed by atoms with Crippen LogP contribution >= 0.6 is 0 Å². The Morgan fingerprint density at radius 1 is 1.38 bits per heavy atom. The largest absolute Gasteiger partial charge is 0.491 e. The SMILES string of the molecule is CCC(C)Oc1cc(F)[c]c(F)c1. The Morgan fingerprint density at radius 3 is 2.38 bits per heavy atom. The molecule has 1 radical (unpaired) electrons. The Hall–Kier alpha value is -1.12. The third-order valence-electron chi connectivity index (χ3n) is 1.69. The summed E-state index contributed by atoms with van der Waals surface area (Å²) in [6.45, 7) is 3.78. The minimum Gasteiger partial charge on any atom is -0.491 e. The van der Waals surface area contributed by atoms with Gasteiger partial charge in [-0.2, -0.15) is 0 Å². The summed E-state index contributed by atoms with van der Waals surface area (Å²) in [6, 6.07) is 4.13. The Bertz CT molecular complexity index is 266. The first-order chi connectivity index (χ1) is 6.11. The van der Waals surface area contributed by atoms with Crippen LogP contribution < -0.4 is 4.74 Å². The molecule has 0 aliphatic carbocycles. The van der Waals surface area contributed by atoms with E-state index in [2.05, 4.69) is 0 Å². The van der Waals surface area contributed by atoms with E-state index in [1.807, 2.05) is 19.9 Å². The average Bonchev–Trinajstić information content (AvgIpc) is 2.02. The summed E-state index contributed by atoms with van der Waals surface area (Å²) >= 11 is 0. The maximum absolute atomic E-state index is 12.6. The number of halogens is 2. The Morgan fingerprint density at radius 2 is 1.92 bits per heavy atom. The molecule has 0 fully saturated rings. The smallest absolute Gasteiger partial charge is 0.137 e. The summed E-state index contributed by atoms with van der Waals surface area (Å²) in [6.07, 6.45) is 0.753. The van der Waals surface area contributed by atoms with Gasteiger partial charge in [-0.3, -0.25) is 0 Å². The molecule has 1 nitrogen and oxygen atoms in total. The topological polar surface area (TPSA) is 9.23 Å². The van der Waals surface area contributed by atoms with Crippen molar-refractivity contribution in [2.45, 2.75) is 26.4 Å². The molecule has 0 saturated carbocycles. The molecule has 1 atom stereocenters. The highest BCUT2D eigenvalue weighted by Crippen LogP contribution is 2.16. The molecule has 0 amide bonds. The van der Waals surface area contributed by atoms with Gasteiger partial charge in [0.2, 0.25) is 0 Å². The van der Waals surface area contributed by atoms with Gasteiger partial charge in [-0.25, -0.2) is 8.78 Å². The standard InChI is InChI=1S/C10H11F2O/c1-3-7(2)13-10-5-8(11)4-9(12)6-10/h5-7H,3H2,1-2H3. The lowest BCUT2D eigenvalue weighted by Crippen LogP contribution is -2.09. The van der Waals surface area contributed by atoms with E-state index in [0.29, 0.717) is 0 Å². The molecule has 0 saturated heterocycles. The number of rotatable bonds is 3. The van der Waals surface area contributed by atoms with Crippen molar-refractivity contribution in [2.75, 3.05) is 0 Å². The molecule has 0 aliphatic rings. The average molecular weight is 185 g/mol. The molecular weight excluding hydrogens is 174 g/mol. The normalized spacial score (nSPS) is 12.6. The summed E-state index contributed by atoms with van der Waals surface area (Å²) in [5.41, 5.74) is 0. The van der Waals surface area contributed by atoms with E-state index in [1.54, 1.807) is 0 Å². The second-order valence-corrected chi connectivity index (χ2v) is 2.85. The molecular formula is C10H11F2O. The van der Waals surface area contributed by atoms with Gasteiger partial charge < -0.3 is 4.74 Å². The van der Waals surface area contributed by atoms with Gasteiger partial charge >= 0.3 is 0 Å². The maximum atomic E-state index is 12.6. The van der Waals surface area contributed by atoms with E-state index < -0.39 is 11.6 Å². The fourth-order valence-electron chi connectivity index (χ4n) is 0.861. The van der Waals surface area contributed by atoms with Crippen LogP contribution in [0.4, 0.5) is 8.78 Å². The predicted octanol–water partition coefficient (Wildman–Crippen LogP) is 2.94. The summed E-state index contributed by atoms with van der Waals surface area (Å²) in [5, 5.41) is 0. The molecule has 71 valence electrons. The van der Waals surface area contributed by atoms with E-state index in [1.165, 1.54) is 0 Å². The molecule has 0 heterocycles. The van der Waals surface area contributed by atoms with E-state index in [-0.39, 0.29) is 11.9 Å². The Kier molecular flexibility index (Phi) is 3.23. The summed E-state index contributed by atoms with van der Waals surface area (Å²) in [5.74, 6) is -1.26. The van der Waals surface area contributed by atoms with Crippen molar-refractivity contribution in [1.82, 2.24) is 0 Å². The molecule has 1 aromatic carbocycles. The highest BCUT2D eigenvalue weighted by molar-refractivity contribution is 5.23. The van der Waals surface area contributed by atoms with E-state index in [4.69, 9.17) is 4.74 Å². The van der Waals surface area contributed by atoms with Crippen molar-refractivity contribution in [3.63, 3.8) is 0 Å². The van der Waals surface area contributed by atoms with Crippen LogP contribution in [0.3, 0.4) is 0 Å². The van der Waals surface area contributed by atoms with Gasteiger partial charge in [0, 0.05) is 12.1 Å². The molecule has 0 spiro atoms. The van der Waals surface area contributed by atoms with Gasteiger partial charge in [-0.1, -0.05) is 6.92 Å². The van der Waals surface area contributed by atoms with Crippen molar-refractivity contribution in [3.05, 3.63) is 29.8 Å². The lowest BCUT2D eigenvalue weighted by Gasteiger charge is -2.12. The van der Waals surface area contributed by atoms with Crippen LogP contribution in [0.1, 0.15) is 20.3 Å². The number of hydrogen-bond donors (Lipinski definition) is 0. The fourth-order valence-corrected chi connectivity index (χ4v) is 0.861. The van der Waals surface area contributed by atoms with Gasteiger partial charge in [0.25, 0.3) is 0 Å². The van der Waals surface area contributed by atoms with Crippen LogP contribution in [0.5, 0.6) is 5.75 Å². The molecule has 1 unspecified atom stereocenters. The van der Waals surface area contributed by atoms with Crippen LogP contribution in [0, 0.1) is 17.7 Å². The zero-order valence-electron chi connectivity index (χ0n) is 7.60. The third kappa shape index (κ3) is 3.01. The van der Waals surface area contributed by atoms with Crippen molar-refractivity contribution < 1.29 is 13.5 Å². The molecule has 1 rings (SSSR count). The maximum Gasteiger partial charge on any atom is 0.137 e. The summed E-state index contributed by atoms with van der Waals surface area (Å²) in [4.78, 5) is 0. The first-order valence-electron chi connectivity index (χ1n) is 4.17. The quantitative estimate of drug-likeness (QED) is 0.703. The fraction of sp³-hybridized carbons (Fsp3) is 0.400. The zero-order chi connectivity index (χ0) is 9.84. The molecule has 0 N–H and O–H groups in total. The lowest BCUT2D eigenvalue weighted by molar-refractivity contribution is 0.215. The molecule has 0 aromatic heterocycles. The highest BCUT2D eigenvalue weighted by atomic mass is 19.1. The van der Waals surface area contributed by atoms with Crippen LogP contribution in [0.25, 0.3) is 0 Å². The molecule has 13 heavy (non-hydrogen) atoms. The van der Waals surface area contributed by atoms with Gasteiger partial charge in [-0.15, -0.1) is 0 Å². The van der Waals surface area contributed by atoms with Crippen LogP contribution in [-0.2, 0) is 0 Å². The minimum atomic E-state index is -0.738. The Balaban J connectivity index is 2.77. The van der Waals surface area contributed by atoms with Crippen molar-refractivity contribution >= 4 is 0 Å². The number of benzene rings is 1. The van der Waals surface area contributed by atoms with E-state index >= 15 is 0 Å². The summed E-state index contributed by atoms with van der Waals surface area (Å²) < 4.78 is 30.4. The first-order valence-corrected chi connectivity index (χ1v) is 4.17. The van der Waals surface area contributed by atoms with Crippen molar-refractivity contribution in [1.29, 1.82) is 0 Å². The van der Waals surface area contributed by atoms with Crippen LogP contribution in [0.15, 0.2) is 12.1 Å². The van der Waals surface area contributed by atoms with Gasteiger partial charge in [-0.05, 0) is 13.3 Å². The second-order valence-electron chi connectivity index (χ2n) is 2.85. The van der Waals surface area contributed by atoms with Crippen LogP contribution in [-0.4, -0.2) is 6.10 Å². The molecule has 0 aliphatic heterocycles. The van der Waals surface area contributed by atoms with E-state index in [0.717, 1.165) is 18.6 Å². The van der Waals surface area contributed by atoms with Gasteiger partial charge in [0.1, 0.15) is 17.4 Å². The van der Waals surface area contributed by atoms with Crippen molar-refractivity contribution in [3.8, 4) is 5.75 Å². The highest BCUT2D eigenvalue weighted by Gasteiger charge is 2.04. The number of ether oxygens (including phenoxy) is 1. The molecule has 0 bridgehead atoms. The third-order valence-corrected chi connectivity index (χ3v) is 1.69. The minimum absolute atomic E-state index is 0.0406. The zero-order valence-corrected chi connectivity index (χ0v) is 7.60. The number of hydrogen-bond acceptors (Lipinski definition) is 1. The van der Waals surface area contributed by atoms with Crippen LogP contribution in [0.2, 0.25) is 0 Å². The predicted molar refractivity (Wildman–Crippen MR) is 45.6 cm³/mol. The second kappa shape index (κ2) is 4.21. The monoisotopic (exact) mass is 185 g/mol. The first kappa shape index (κ1) is 9.96.